The summed E-state index contributed by atoms with van der Waals surface area (Å²) < 4.78 is 25.7. The number of fused-ring (bicyclic) bond motifs is 1. The molecule has 0 unspecified atom stereocenters. The summed E-state index contributed by atoms with van der Waals surface area (Å²) in [6.07, 6.45) is 0. The van der Waals surface area contributed by atoms with Crippen LogP contribution in [-0.2, 0) is 15.8 Å². The quantitative estimate of drug-likeness (QED) is 0.416. The maximum Gasteiger partial charge on any atom is 0.229 e. The van der Waals surface area contributed by atoms with Gasteiger partial charge in [-0.1, -0.05) is 42.5 Å². The summed E-state index contributed by atoms with van der Waals surface area (Å²) >= 11 is 0. The largest absolute Gasteiger partial charge is 0.340 e. The minimum atomic E-state index is -3.31. The number of para-hydroxylation sites is 2. The molecule has 7 nitrogen and oxygen atoms in total. The molecule has 0 bridgehead atoms. The molecule has 152 valence electrons. The van der Waals surface area contributed by atoms with Crippen LogP contribution in [-0.4, -0.2) is 25.4 Å². The van der Waals surface area contributed by atoms with Crippen molar-refractivity contribution in [3.8, 4) is 0 Å². The Morgan fingerprint density at radius 1 is 0.767 bits per heavy atom. The van der Waals surface area contributed by atoms with E-state index in [1.807, 2.05) is 66.7 Å². The van der Waals surface area contributed by atoms with Crippen LogP contribution in [0.15, 0.2) is 78.9 Å². The zero-order valence-electron chi connectivity index (χ0n) is 16.3. The first-order valence-corrected chi connectivity index (χ1v) is 11.0. The Hall–Kier alpha value is -3.49. The molecule has 0 fully saturated rings. The van der Waals surface area contributed by atoms with E-state index in [0.29, 0.717) is 17.3 Å². The van der Waals surface area contributed by atoms with Gasteiger partial charge in [-0.3, -0.25) is 0 Å². The van der Waals surface area contributed by atoms with Gasteiger partial charge in [-0.25, -0.2) is 18.1 Å². The molecule has 1 heterocycles. The molecule has 4 rings (SSSR count). The zero-order valence-corrected chi connectivity index (χ0v) is 17.1. The van der Waals surface area contributed by atoms with Gasteiger partial charge in [0.15, 0.2) is 0 Å². The van der Waals surface area contributed by atoms with Crippen molar-refractivity contribution >= 4 is 44.1 Å². The number of hydrogen-bond donors (Lipinski definition) is 3. The Balaban J connectivity index is 1.61. The third kappa shape index (κ3) is 4.73. The van der Waals surface area contributed by atoms with Crippen molar-refractivity contribution in [2.24, 2.45) is 0 Å². The van der Waals surface area contributed by atoms with Gasteiger partial charge in [0, 0.05) is 16.8 Å². The highest BCUT2D eigenvalue weighted by molar-refractivity contribution is 7.88. The molecule has 4 aromatic rings. The van der Waals surface area contributed by atoms with E-state index in [2.05, 4.69) is 25.3 Å². The summed E-state index contributed by atoms with van der Waals surface area (Å²) in [5.74, 6) is 1.08. The van der Waals surface area contributed by atoms with Crippen molar-refractivity contribution in [3.05, 3.63) is 84.4 Å². The molecule has 0 aliphatic heterocycles. The molecule has 0 spiro atoms. The fourth-order valence-corrected chi connectivity index (χ4v) is 3.77. The van der Waals surface area contributed by atoms with Crippen LogP contribution in [0.1, 0.15) is 5.56 Å². The third-order valence-electron chi connectivity index (χ3n) is 4.52. The summed E-state index contributed by atoms with van der Waals surface area (Å²) in [5, 5.41) is 7.46. The standard InChI is InChI=1S/C22H21N5O2S/c1-23-30(28,29)15-16-11-13-18(14-12-16)25-22-26-20-10-6-5-9-19(20)21(27-22)24-17-7-3-2-4-8-17/h2-14,23H,15H2,1H3,(H2,24,25,26,27). The zero-order chi connectivity index (χ0) is 21.0. The Morgan fingerprint density at radius 3 is 2.17 bits per heavy atom. The van der Waals surface area contributed by atoms with Gasteiger partial charge in [0.2, 0.25) is 16.0 Å². The van der Waals surface area contributed by atoms with Gasteiger partial charge < -0.3 is 10.6 Å². The lowest BCUT2D eigenvalue weighted by atomic mass is 10.2. The van der Waals surface area contributed by atoms with Crippen LogP contribution in [0.4, 0.5) is 23.1 Å². The average Bonchev–Trinajstić information content (AvgIpc) is 2.76. The highest BCUT2D eigenvalue weighted by atomic mass is 32.2. The second-order valence-corrected chi connectivity index (χ2v) is 8.62. The lowest BCUT2D eigenvalue weighted by molar-refractivity contribution is 0.587. The van der Waals surface area contributed by atoms with E-state index in [1.54, 1.807) is 12.1 Å². The molecular weight excluding hydrogens is 398 g/mol. The predicted octanol–water partition coefficient (Wildman–Crippen LogP) is 4.17. The van der Waals surface area contributed by atoms with Gasteiger partial charge in [-0.15, -0.1) is 0 Å². The highest BCUT2D eigenvalue weighted by Gasteiger charge is 2.10. The van der Waals surface area contributed by atoms with Crippen LogP contribution in [0.25, 0.3) is 10.9 Å². The van der Waals surface area contributed by atoms with Gasteiger partial charge in [0.25, 0.3) is 0 Å². The lowest BCUT2D eigenvalue weighted by Crippen LogP contribution is -2.20. The molecule has 0 amide bonds. The number of nitrogens with one attached hydrogen (secondary N) is 3. The molecule has 0 aliphatic carbocycles. The van der Waals surface area contributed by atoms with Crippen molar-refractivity contribution in [3.63, 3.8) is 0 Å². The van der Waals surface area contributed by atoms with E-state index in [-0.39, 0.29) is 5.75 Å². The Morgan fingerprint density at radius 2 is 1.43 bits per heavy atom. The van der Waals surface area contributed by atoms with Crippen molar-refractivity contribution in [2.75, 3.05) is 17.7 Å². The molecule has 8 heteroatoms. The average molecular weight is 420 g/mol. The second-order valence-electron chi connectivity index (χ2n) is 6.69. The van der Waals surface area contributed by atoms with Crippen LogP contribution in [0.3, 0.4) is 0 Å². The number of benzene rings is 3. The molecule has 0 saturated heterocycles. The van der Waals surface area contributed by atoms with Gasteiger partial charge in [0.05, 0.1) is 11.3 Å². The van der Waals surface area contributed by atoms with Crippen molar-refractivity contribution in [1.29, 1.82) is 0 Å². The summed E-state index contributed by atoms with van der Waals surface area (Å²) in [4.78, 5) is 9.25. The van der Waals surface area contributed by atoms with E-state index in [0.717, 1.165) is 22.3 Å². The highest BCUT2D eigenvalue weighted by Crippen LogP contribution is 2.26. The van der Waals surface area contributed by atoms with Crippen molar-refractivity contribution in [1.82, 2.24) is 14.7 Å². The monoisotopic (exact) mass is 419 g/mol. The van der Waals surface area contributed by atoms with Crippen LogP contribution < -0.4 is 15.4 Å². The lowest BCUT2D eigenvalue weighted by Gasteiger charge is -2.12. The van der Waals surface area contributed by atoms with Crippen LogP contribution in [0, 0.1) is 0 Å². The molecule has 0 aliphatic rings. The fraction of sp³-hybridized carbons (Fsp3) is 0.0909. The van der Waals surface area contributed by atoms with E-state index in [9.17, 15) is 8.42 Å². The number of sulfonamides is 1. The van der Waals surface area contributed by atoms with E-state index in [4.69, 9.17) is 0 Å². The molecule has 3 N–H and O–H groups in total. The van der Waals surface area contributed by atoms with E-state index in [1.165, 1.54) is 7.05 Å². The fourth-order valence-electron chi connectivity index (χ4n) is 2.99. The molecule has 1 aromatic heterocycles. The van der Waals surface area contributed by atoms with Gasteiger partial charge in [-0.2, -0.15) is 4.98 Å². The minimum absolute atomic E-state index is 0.0681. The van der Waals surface area contributed by atoms with E-state index >= 15 is 0 Å². The van der Waals surface area contributed by atoms with Gasteiger partial charge in [-0.05, 0) is 49.0 Å². The number of nitrogens with zero attached hydrogens (tertiary/aromatic N) is 2. The van der Waals surface area contributed by atoms with Crippen molar-refractivity contribution < 1.29 is 8.42 Å². The normalized spacial score (nSPS) is 11.4. The number of anilines is 4. The first-order valence-electron chi connectivity index (χ1n) is 9.38. The molecular formula is C22H21N5O2S. The first-order chi connectivity index (χ1) is 14.5. The third-order valence-corrected chi connectivity index (χ3v) is 5.85. The maximum absolute atomic E-state index is 11.7. The topological polar surface area (TPSA) is 96.0 Å². The molecule has 3 aromatic carbocycles. The van der Waals surface area contributed by atoms with Crippen LogP contribution in [0.2, 0.25) is 0 Å². The summed E-state index contributed by atoms with van der Waals surface area (Å²) in [6, 6.07) is 24.8. The Kier molecular flexibility index (Phi) is 5.60. The first kappa shape index (κ1) is 19.8. The number of hydrogen-bond acceptors (Lipinski definition) is 6. The summed E-state index contributed by atoms with van der Waals surface area (Å²) in [7, 11) is -1.90. The maximum atomic E-state index is 11.7. The SMILES string of the molecule is CNS(=O)(=O)Cc1ccc(Nc2nc(Nc3ccccc3)c3ccccc3n2)cc1. The summed E-state index contributed by atoms with van der Waals surface area (Å²) in [5.41, 5.74) is 3.20. The van der Waals surface area contributed by atoms with E-state index < -0.39 is 10.0 Å². The van der Waals surface area contributed by atoms with Crippen LogP contribution in [0.5, 0.6) is 0 Å². The second kappa shape index (κ2) is 8.48. The molecule has 0 radical (unpaired) electrons. The van der Waals surface area contributed by atoms with Crippen LogP contribution >= 0.6 is 0 Å². The Bertz CT molecular complexity index is 1260. The number of aromatic nitrogens is 2. The van der Waals surface area contributed by atoms with Crippen molar-refractivity contribution in [2.45, 2.75) is 5.75 Å². The molecule has 0 saturated carbocycles. The smallest absolute Gasteiger partial charge is 0.229 e. The summed E-state index contributed by atoms with van der Waals surface area (Å²) in [6.45, 7) is 0. The molecule has 30 heavy (non-hydrogen) atoms. The predicted molar refractivity (Wildman–Crippen MR) is 121 cm³/mol. The minimum Gasteiger partial charge on any atom is -0.340 e. The van der Waals surface area contributed by atoms with Gasteiger partial charge in [0.1, 0.15) is 5.82 Å². The van der Waals surface area contributed by atoms with Gasteiger partial charge >= 0.3 is 0 Å². The molecule has 0 atom stereocenters. The number of rotatable bonds is 7. The Labute approximate surface area is 175 Å².